The molecule has 0 radical (unpaired) electrons. The first-order valence-corrected chi connectivity index (χ1v) is 12.6. The molecule has 178 valence electrons. The van der Waals surface area contributed by atoms with Gasteiger partial charge < -0.3 is 14.7 Å². The number of aromatic nitrogens is 4. The first-order valence-electron chi connectivity index (χ1n) is 11.2. The Balaban J connectivity index is 1.58. The Bertz CT molecular complexity index is 1460. The summed E-state index contributed by atoms with van der Waals surface area (Å²) in [4.78, 5) is 1.37. The SMILES string of the molecule is COc1ccc(S(=O)(=O)N2CC[NH+](CCO)CC2)cc1-c1nnc2c3ccccc3c(C)nn12. The van der Waals surface area contributed by atoms with Gasteiger partial charge in [0.15, 0.2) is 11.5 Å². The number of hydrogen-bond acceptors (Lipinski definition) is 7. The van der Waals surface area contributed by atoms with Crippen LogP contribution in [0.3, 0.4) is 0 Å². The van der Waals surface area contributed by atoms with Crippen LogP contribution in [-0.4, -0.2) is 84.1 Å². The molecule has 0 bridgehead atoms. The van der Waals surface area contributed by atoms with Crippen molar-refractivity contribution >= 4 is 26.4 Å². The van der Waals surface area contributed by atoms with E-state index in [-0.39, 0.29) is 11.5 Å². The summed E-state index contributed by atoms with van der Waals surface area (Å²) in [7, 11) is -2.18. The molecule has 4 aromatic rings. The first kappa shape index (κ1) is 22.7. The van der Waals surface area contributed by atoms with E-state index >= 15 is 0 Å². The van der Waals surface area contributed by atoms with Crippen molar-refractivity contribution in [1.82, 2.24) is 24.1 Å². The number of fused-ring (bicyclic) bond motifs is 3. The number of aliphatic hydroxyl groups is 1. The lowest BCUT2D eigenvalue weighted by Crippen LogP contribution is -3.15. The predicted molar refractivity (Wildman–Crippen MR) is 126 cm³/mol. The van der Waals surface area contributed by atoms with Crippen LogP contribution < -0.4 is 9.64 Å². The molecule has 2 aromatic heterocycles. The second kappa shape index (κ2) is 8.91. The van der Waals surface area contributed by atoms with Crippen molar-refractivity contribution in [3.05, 3.63) is 48.2 Å². The Morgan fingerprint density at radius 1 is 1.09 bits per heavy atom. The molecule has 1 aliphatic rings. The number of aryl methyl sites for hydroxylation is 1. The highest BCUT2D eigenvalue weighted by molar-refractivity contribution is 7.89. The van der Waals surface area contributed by atoms with Gasteiger partial charge in [0.05, 0.1) is 56.0 Å². The van der Waals surface area contributed by atoms with E-state index in [4.69, 9.17) is 9.84 Å². The van der Waals surface area contributed by atoms with E-state index in [0.29, 0.717) is 55.5 Å². The number of benzene rings is 2. The molecule has 34 heavy (non-hydrogen) atoms. The molecule has 1 aliphatic heterocycles. The van der Waals surface area contributed by atoms with Crippen LogP contribution in [0.25, 0.3) is 27.8 Å². The third-order valence-electron chi connectivity index (χ3n) is 6.39. The van der Waals surface area contributed by atoms with Crippen LogP contribution in [0, 0.1) is 6.92 Å². The monoisotopic (exact) mass is 483 g/mol. The van der Waals surface area contributed by atoms with Crippen molar-refractivity contribution in [2.45, 2.75) is 11.8 Å². The number of methoxy groups -OCH3 is 1. The molecule has 1 fully saturated rings. The van der Waals surface area contributed by atoms with Crippen molar-refractivity contribution in [3.8, 4) is 17.1 Å². The summed E-state index contributed by atoms with van der Waals surface area (Å²) >= 11 is 0. The van der Waals surface area contributed by atoms with Crippen molar-refractivity contribution < 1.29 is 23.2 Å². The topological polar surface area (TPSA) is 114 Å². The fourth-order valence-electron chi connectivity index (χ4n) is 4.53. The highest BCUT2D eigenvalue weighted by Crippen LogP contribution is 2.33. The summed E-state index contributed by atoms with van der Waals surface area (Å²) in [5.41, 5.74) is 1.91. The summed E-state index contributed by atoms with van der Waals surface area (Å²) in [6.07, 6.45) is 0. The quantitative estimate of drug-likeness (QED) is 0.401. The fourth-order valence-corrected chi connectivity index (χ4v) is 6.00. The summed E-state index contributed by atoms with van der Waals surface area (Å²) in [5.74, 6) is 0.896. The molecule has 0 unspecified atom stereocenters. The number of nitrogens with one attached hydrogen (secondary N) is 1. The number of hydrogen-bond donors (Lipinski definition) is 2. The van der Waals surface area contributed by atoms with E-state index in [1.165, 1.54) is 16.3 Å². The standard InChI is InChI=1S/C23H26N6O4S/c1-16-18-5-3-4-6-19(18)22-24-25-23(29(22)26-16)20-15-17(7-8-21(20)33-2)34(31,32)28-11-9-27(10-12-28)13-14-30/h3-8,15,30H,9-14H2,1-2H3/p+1. The summed E-state index contributed by atoms with van der Waals surface area (Å²) in [6.45, 7) is 4.77. The fraction of sp³-hybridized carbons (Fsp3) is 0.348. The van der Waals surface area contributed by atoms with Gasteiger partial charge in [-0.3, -0.25) is 0 Å². The van der Waals surface area contributed by atoms with Crippen LogP contribution in [-0.2, 0) is 10.0 Å². The van der Waals surface area contributed by atoms with E-state index in [2.05, 4.69) is 15.3 Å². The maximum Gasteiger partial charge on any atom is 0.243 e. The Kier molecular flexibility index (Phi) is 5.94. The van der Waals surface area contributed by atoms with Gasteiger partial charge in [0.25, 0.3) is 0 Å². The Hall–Kier alpha value is -3.12. The highest BCUT2D eigenvalue weighted by atomic mass is 32.2. The number of nitrogens with zero attached hydrogens (tertiary/aromatic N) is 5. The number of piperazine rings is 1. The smallest absolute Gasteiger partial charge is 0.243 e. The molecule has 11 heteroatoms. The summed E-state index contributed by atoms with van der Waals surface area (Å²) in [5, 5.41) is 24.5. The lowest BCUT2D eigenvalue weighted by atomic mass is 10.1. The van der Waals surface area contributed by atoms with Gasteiger partial charge in [-0.15, -0.1) is 10.2 Å². The molecule has 5 rings (SSSR count). The Morgan fingerprint density at radius 3 is 2.53 bits per heavy atom. The van der Waals surface area contributed by atoms with E-state index in [1.54, 1.807) is 22.7 Å². The molecule has 10 nitrogen and oxygen atoms in total. The molecule has 1 saturated heterocycles. The molecule has 2 N–H and O–H groups in total. The zero-order chi connectivity index (χ0) is 23.9. The lowest BCUT2D eigenvalue weighted by Gasteiger charge is -2.31. The van der Waals surface area contributed by atoms with Gasteiger partial charge in [0, 0.05) is 10.8 Å². The van der Waals surface area contributed by atoms with E-state index in [1.807, 2.05) is 31.2 Å². The number of ether oxygens (including phenoxy) is 1. The molecular formula is C23H27N6O4S+. The molecule has 0 saturated carbocycles. The molecule has 0 aliphatic carbocycles. The van der Waals surface area contributed by atoms with Gasteiger partial charge in [-0.05, 0) is 25.1 Å². The van der Waals surface area contributed by atoms with Crippen LogP contribution in [0.1, 0.15) is 5.69 Å². The van der Waals surface area contributed by atoms with Crippen LogP contribution in [0.5, 0.6) is 5.75 Å². The lowest BCUT2D eigenvalue weighted by molar-refractivity contribution is -0.904. The van der Waals surface area contributed by atoms with Crippen LogP contribution in [0.15, 0.2) is 47.4 Å². The summed E-state index contributed by atoms with van der Waals surface area (Å²) < 4.78 is 35.6. The van der Waals surface area contributed by atoms with Crippen molar-refractivity contribution in [2.24, 2.45) is 0 Å². The second-order valence-electron chi connectivity index (χ2n) is 8.38. The average Bonchev–Trinajstić information content (AvgIpc) is 3.28. The molecule has 0 amide bonds. The van der Waals surface area contributed by atoms with E-state index < -0.39 is 10.0 Å². The van der Waals surface area contributed by atoms with Crippen LogP contribution >= 0.6 is 0 Å². The zero-order valence-corrected chi connectivity index (χ0v) is 19.9. The van der Waals surface area contributed by atoms with Crippen LogP contribution in [0.4, 0.5) is 0 Å². The third-order valence-corrected chi connectivity index (χ3v) is 8.29. The molecule has 0 atom stereocenters. The molecular weight excluding hydrogens is 456 g/mol. The number of quaternary nitrogens is 1. The van der Waals surface area contributed by atoms with Crippen molar-refractivity contribution in [1.29, 1.82) is 0 Å². The van der Waals surface area contributed by atoms with Gasteiger partial charge in [-0.25, -0.2) is 8.42 Å². The first-order chi connectivity index (χ1) is 16.4. The van der Waals surface area contributed by atoms with Gasteiger partial charge in [-0.1, -0.05) is 24.3 Å². The van der Waals surface area contributed by atoms with Gasteiger partial charge in [0.1, 0.15) is 12.3 Å². The van der Waals surface area contributed by atoms with Crippen LogP contribution in [0.2, 0.25) is 0 Å². The normalized spacial score (nSPS) is 15.9. The Morgan fingerprint density at radius 2 is 1.82 bits per heavy atom. The van der Waals surface area contributed by atoms with Gasteiger partial charge in [0.2, 0.25) is 10.0 Å². The van der Waals surface area contributed by atoms with Gasteiger partial charge in [-0.2, -0.15) is 13.9 Å². The number of aliphatic hydroxyl groups excluding tert-OH is 1. The maximum absolute atomic E-state index is 13.4. The number of rotatable bonds is 6. The van der Waals surface area contributed by atoms with Crippen molar-refractivity contribution in [3.63, 3.8) is 0 Å². The van der Waals surface area contributed by atoms with E-state index in [0.717, 1.165) is 16.5 Å². The predicted octanol–water partition coefficient (Wildman–Crippen LogP) is 0.143. The largest absolute Gasteiger partial charge is 0.496 e. The van der Waals surface area contributed by atoms with E-state index in [9.17, 15) is 8.42 Å². The maximum atomic E-state index is 13.4. The summed E-state index contributed by atoms with van der Waals surface area (Å²) in [6, 6.07) is 12.6. The molecule has 2 aromatic carbocycles. The minimum Gasteiger partial charge on any atom is -0.496 e. The van der Waals surface area contributed by atoms with Gasteiger partial charge >= 0.3 is 0 Å². The molecule has 0 spiro atoms. The highest BCUT2D eigenvalue weighted by Gasteiger charge is 2.31. The molecule has 3 heterocycles. The minimum atomic E-state index is -3.71. The Labute approximate surface area is 197 Å². The second-order valence-corrected chi connectivity index (χ2v) is 10.3. The average molecular weight is 484 g/mol. The minimum absolute atomic E-state index is 0.0963. The zero-order valence-electron chi connectivity index (χ0n) is 19.1. The van der Waals surface area contributed by atoms with Crippen molar-refractivity contribution in [2.75, 3.05) is 46.4 Å². The number of sulfonamides is 1. The third kappa shape index (κ3) is 3.80.